The molecule has 0 aliphatic rings. The summed E-state index contributed by atoms with van der Waals surface area (Å²) in [6.07, 6.45) is 0.679. The Bertz CT molecular complexity index is 1260. The quantitative estimate of drug-likeness (QED) is 0.562. The minimum atomic E-state index is -0.752. The highest BCUT2D eigenvalue weighted by atomic mass is 16.5. The number of carbonyl (C=O) groups excluding carboxylic acids is 1. The molecule has 1 atom stereocenters. The van der Waals surface area contributed by atoms with Gasteiger partial charge in [0.05, 0.1) is 26.5 Å². The van der Waals surface area contributed by atoms with Gasteiger partial charge in [0, 0.05) is 12.1 Å². The van der Waals surface area contributed by atoms with Crippen LogP contribution in [0.4, 0.5) is 0 Å². The third-order valence-electron chi connectivity index (χ3n) is 5.34. The average Bonchev–Trinajstić information content (AvgIpc) is 2.82. The molecule has 174 valence electrons. The lowest BCUT2D eigenvalue weighted by Crippen LogP contribution is -2.47. The van der Waals surface area contributed by atoms with Crippen LogP contribution in [0.3, 0.4) is 0 Å². The first kappa shape index (κ1) is 23.8. The summed E-state index contributed by atoms with van der Waals surface area (Å²) in [5, 5.41) is 6.89. The molecular weight excluding hydrogens is 424 g/mol. The van der Waals surface area contributed by atoms with Crippen molar-refractivity contribution in [2.45, 2.75) is 39.8 Å². The second-order valence-corrected chi connectivity index (χ2v) is 7.74. The first-order chi connectivity index (χ1) is 15.8. The van der Waals surface area contributed by atoms with E-state index in [1.165, 1.54) is 14.2 Å². The Kier molecular flexibility index (Phi) is 7.32. The summed E-state index contributed by atoms with van der Waals surface area (Å²) in [6, 6.07) is 12.1. The summed E-state index contributed by atoms with van der Waals surface area (Å²) in [5.74, 6) is 0.212. The van der Waals surface area contributed by atoms with Crippen LogP contribution in [-0.4, -0.2) is 40.5 Å². The molecular formula is C24H28N4O5. The van der Waals surface area contributed by atoms with Crippen molar-refractivity contribution in [2.24, 2.45) is 0 Å². The maximum Gasteiger partial charge on any atom is 0.352 e. The first-order valence-electron chi connectivity index (χ1n) is 10.6. The maximum atomic E-state index is 13.3. The van der Waals surface area contributed by atoms with Crippen LogP contribution in [0.2, 0.25) is 0 Å². The number of nitrogens with one attached hydrogen (secondary N) is 1. The van der Waals surface area contributed by atoms with E-state index in [1.807, 2.05) is 45.0 Å². The summed E-state index contributed by atoms with van der Waals surface area (Å²) in [5.41, 5.74) is 0.339. The molecule has 1 N–H and O–H groups in total. The van der Waals surface area contributed by atoms with E-state index in [-0.39, 0.29) is 18.3 Å². The van der Waals surface area contributed by atoms with E-state index < -0.39 is 17.2 Å². The zero-order valence-electron chi connectivity index (χ0n) is 19.4. The summed E-state index contributed by atoms with van der Waals surface area (Å²) >= 11 is 0. The van der Waals surface area contributed by atoms with Crippen LogP contribution in [0.25, 0.3) is 5.69 Å². The van der Waals surface area contributed by atoms with Crippen LogP contribution >= 0.6 is 0 Å². The van der Waals surface area contributed by atoms with E-state index in [4.69, 9.17) is 9.47 Å². The average molecular weight is 453 g/mol. The highest BCUT2D eigenvalue weighted by Gasteiger charge is 2.22. The Morgan fingerprint density at radius 3 is 2.33 bits per heavy atom. The largest absolute Gasteiger partial charge is 0.493 e. The highest BCUT2D eigenvalue weighted by Crippen LogP contribution is 2.28. The number of rotatable bonds is 8. The fraction of sp³-hybridized carbons (Fsp3) is 0.333. The molecule has 2 aromatic carbocycles. The van der Waals surface area contributed by atoms with Gasteiger partial charge in [0.15, 0.2) is 11.5 Å². The Morgan fingerprint density at radius 2 is 1.73 bits per heavy atom. The molecule has 0 spiro atoms. The van der Waals surface area contributed by atoms with Crippen molar-refractivity contribution in [3.05, 3.63) is 80.1 Å². The monoisotopic (exact) mass is 452 g/mol. The highest BCUT2D eigenvalue weighted by molar-refractivity contribution is 5.91. The van der Waals surface area contributed by atoms with Crippen LogP contribution < -0.4 is 26.0 Å². The Labute approximate surface area is 191 Å². The first-order valence-corrected chi connectivity index (χ1v) is 10.6. The number of benzene rings is 2. The second kappa shape index (κ2) is 10.2. The molecule has 0 aliphatic heterocycles. The standard InChI is InChI=1S/C24H28N4O5/c1-6-16(3)25-22(29)21-23(30)27(14-17-9-7-15(2)8-10-17)24(31)28(26-21)18-11-12-19(32-4)20(13-18)33-5/h7-13,16H,6,14H2,1-5H3,(H,25,29). The number of aryl methyl sites for hydroxylation is 1. The van der Waals surface area contributed by atoms with Gasteiger partial charge in [-0.05, 0) is 38.0 Å². The van der Waals surface area contributed by atoms with Crippen LogP contribution in [0, 0.1) is 6.92 Å². The molecule has 1 heterocycles. The number of nitrogens with zero attached hydrogens (tertiary/aromatic N) is 3. The summed E-state index contributed by atoms with van der Waals surface area (Å²) in [7, 11) is 2.97. The predicted molar refractivity (Wildman–Crippen MR) is 125 cm³/mol. The molecule has 1 unspecified atom stereocenters. The molecule has 3 rings (SSSR count). The summed E-state index contributed by atoms with van der Waals surface area (Å²) in [6.45, 7) is 5.69. The molecule has 0 saturated carbocycles. The van der Waals surface area contributed by atoms with Crippen molar-refractivity contribution in [3.63, 3.8) is 0 Å². The molecule has 0 saturated heterocycles. The molecule has 9 heteroatoms. The van der Waals surface area contributed by atoms with Gasteiger partial charge in [0.2, 0.25) is 5.69 Å². The summed E-state index contributed by atoms with van der Waals surface area (Å²) in [4.78, 5) is 39.3. The fourth-order valence-corrected chi connectivity index (χ4v) is 3.19. The molecule has 0 fully saturated rings. The smallest absolute Gasteiger partial charge is 0.352 e. The van der Waals surface area contributed by atoms with Gasteiger partial charge >= 0.3 is 5.69 Å². The fourth-order valence-electron chi connectivity index (χ4n) is 3.19. The number of aromatic nitrogens is 3. The zero-order chi connectivity index (χ0) is 24.1. The Balaban J connectivity index is 2.21. The Morgan fingerprint density at radius 1 is 1.06 bits per heavy atom. The molecule has 1 amide bonds. The minimum absolute atomic E-state index is 0.00261. The van der Waals surface area contributed by atoms with E-state index in [1.54, 1.807) is 18.2 Å². The summed E-state index contributed by atoms with van der Waals surface area (Å²) < 4.78 is 12.6. The topological polar surface area (TPSA) is 104 Å². The van der Waals surface area contributed by atoms with Crippen LogP contribution in [0.15, 0.2) is 52.1 Å². The van der Waals surface area contributed by atoms with E-state index in [9.17, 15) is 14.4 Å². The van der Waals surface area contributed by atoms with Crippen molar-refractivity contribution in [1.82, 2.24) is 19.7 Å². The minimum Gasteiger partial charge on any atom is -0.493 e. The molecule has 3 aromatic rings. The van der Waals surface area contributed by atoms with Gasteiger partial charge in [-0.2, -0.15) is 9.78 Å². The third kappa shape index (κ3) is 5.14. The van der Waals surface area contributed by atoms with Gasteiger partial charge in [0.1, 0.15) is 0 Å². The lowest BCUT2D eigenvalue weighted by Gasteiger charge is -2.15. The lowest BCUT2D eigenvalue weighted by molar-refractivity contribution is 0.0929. The normalized spacial score (nSPS) is 11.7. The van der Waals surface area contributed by atoms with Crippen molar-refractivity contribution in [2.75, 3.05) is 14.2 Å². The van der Waals surface area contributed by atoms with E-state index in [2.05, 4.69) is 10.4 Å². The molecule has 1 aromatic heterocycles. The van der Waals surface area contributed by atoms with Crippen molar-refractivity contribution in [3.8, 4) is 17.2 Å². The van der Waals surface area contributed by atoms with E-state index in [0.717, 1.165) is 20.4 Å². The SMILES string of the molecule is CCC(C)NC(=O)c1nn(-c2ccc(OC)c(OC)c2)c(=O)n(Cc2ccc(C)cc2)c1=O. The predicted octanol–water partition coefficient (Wildman–Crippen LogP) is 2.30. The Hall–Kier alpha value is -3.88. The van der Waals surface area contributed by atoms with Crippen LogP contribution in [-0.2, 0) is 6.54 Å². The van der Waals surface area contributed by atoms with Gasteiger partial charge in [-0.15, -0.1) is 0 Å². The van der Waals surface area contributed by atoms with Gasteiger partial charge < -0.3 is 14.8 Å². The number of amides is 1. The lowest BCUT2D eigenvalue weighted by atomic mass is 10.1. The van der Waals surface area contributed by atoms with Crippen molar-refractivity contribution in [1.29, 1.82) is 0 Å². The number of hydrogen-bond donors (Lipinski definition) is 1. The van der Waals surface area contributed by atoms with Gasteiger partial charge in [-0.25, -0.2) is 4.79 Å². The van der Waals surface area contributed by atoms with Crippen molar-refractivity contribution < 1.29 is 14.3 Å². The number of ether oxygens (including phenoxy) is 2. The van der Waals surface area contributed by atoms with Crippen molar-refractivity contribution >= 4 is 5.91 Å². The zero-order valence-corrected chi connectivity index (χ0v) is 19.4. The van der Waals surface area contributed by atoms with Crippen LogP contribution in [0.1, 0.15) is 41.9 Å². The molecule has 0 radical (unpaired) electrons. The van der Waals surface area contributed by atoms with E-state index >= 15 is 0 Å². The molecule has 0 bridgehead atoms. The van der Waals surface area contributed by atoms with Gasteiger partial charge in [-0.1, -0.05) is 36.8 Å². The molecule has 9 nitrogen and oxygen atoms in total. The second-order valence-electron chi connectivity index (χ2n) is 7.74. The molecule has 33 heavy (non-hydrogen) atoms. The van der Waals surface area contributed by atoms with Crippen LogP contribution in [0.5, 0.6) is 11.5 Å². The number of methoxy groups -OCH3 is 2. The van der Waals surface area contributed by atoms with E-state index in [0.29, 0.717) is 23.6 Å². The van der Waals surface area contributed by atoms with Gasteiger partial charge in [0.25, 0.3) is 11.5 Å². The number of carbonyl (C=O) groups is 1. The molecule has 0 aliphatic carbocycles. The van der Waals surface area contributed by atoms with Gasteiger partial charge in [-0.3, -0.25) is 14.2 Å². The number of hydrogen-bond acceptors (Lipinski definition) is 6. The maximum absolute atomic E-state index is 13.3. The third-order valence-corrected chi connectivity index (χ3v) is 5.34.